The van der Waals surface area contributed by atoms with Crippen molar-refractivity contribution in [1.29, 1.82) is 0 Å². The molecule has 2 heterocycles. The summed E-state index contributed by atoms with van der Waals surface area (Å²) in [7, 11) is 0. The van der Waals surface area contributed by atoms with Crippen LogP contribution in [0.25, 0.3) is 0 Å². The number of H-pyrrole nitrogens is 1. The molecular weight excluding hydrogens is 322 g/mol. The number of aromatic nitrogens is 4. The molecule has 1 aliphatic carbocycles. The molecule has 0 radical (unpaired) electrons. The van der Waals surface area contributed by atoms with E-state index in [4.69, 9.17) is 0 Å². The zero-order valence-corrected chi connectivity index (χ0v) is 12.7. The molecule has 7 heteroatoms. The summed E-state index contributed by atoms with van der Waals surface area (Å²) in [5, 5.41) is 14.2. The number of nitrogens with one attached hydrogen (secondary N) is 2. The maximum Gasteiger partial charge on any atom is 0.283 e. The van der Waals surface area contributed by atoms with Crippen LogP contribution in [0.3, 0.4) is 0 Å². The number of halogens is 1. The van der Waals surface area contributed by atoms with Crippen molar-refractivity contribution in [3.05, 3.63) is 39.0 Å². The first-order valence-electron chi connectivity index (χ1n) is 6.66. The standard InChI is InChI=1S/C13H16BrN5O/c1-8(10-4-15-16-5-10)18-11-6-17-19(7-9-2-3-9)13(20)12(11)14/h4-6,8-9,18H,2-3,7H2,1H3,(H,15,16). The fourth-order valence-corrected chi connectivity index (χ4v) is 2.48. The van der Waals surface area contributed by atoms with Gasteiger partial charge in [-0.2, -0.15) is 10.2 Å². The first kappa shape index (κ1) is 13.4. The van der Waals surface area contributed by atoms with Crippen LogP contribution in [0.1, 0.15) is 31.4 Å². The van der Waals surface area contributed by atoms with Crippen LogP contribution in [-0.4, -0.2) is 20.0 Å². The zero-order chi connectivity index (χ0) is 14.1. The average molecular weight is 338 g/mol. The number of nitrogens with zero attached hydrogens (tertiary/aromatic N) is 3. The molecule has 0 aromatic carbocycles. The lowest BCUT2D eigenvalue weighted by Gasteiger charge is -2.15. The predicted molar refractivity (Wildman–Crippen MR) is 79.5 cm³/mol. The highest BCUT2D eigenvalue weighted by Crippen LogP contribution is 2.30. The molecule has 1 atom stereocenters. The van der Waals surface area contributed by atoms with Crippen molar-refractivity contribution in [2.24, 2.45) is 5.92 Å². The van der Waals surface area contributed by atoms with Gasteiger partial charge in [0.25, 0.3) is 5.56 Å². The summed E-state index contributed by atoms with van der Waals surface area (Å²) in [6.07, 6.45) is 7.68. The third-order valence-corrected chi connectivity index (χ3v) is 4.27. The maximum atomic E-state index is 12.2. The van der Waals surface area contributed by atoms with Gasteiger partial charge in [0.1, 0.15) is 4.47 Å². The molecule has 20 heavy (non-hydrogen) atoms. The molecule has 2 aromatic rings. The van der Waals surface area contributed by atoms with Gasteiger partial charge >= 0.3 is 0 Å². The maximum absolute atomic E-state index is 12.2. The quantitative estimate of drug-likeness (QED) is 0.877. The van der Waals surface area contributed by atoms with Crippen LogP contribution >= 0.6 is 15.9 Å². The van der Waals surface area contributed by atoms with Gasteiger partial charge in [0, 0.05) is 18.3 Å². The Balaban J connectivity index is 1.79. The number of aromatic amines is 1. The van der Waals surface area contributed by atoms with Crippen LogP contribution < -0.4 is 10.9 Å². The lowest BCUT2D eigenvalue weighted by Crippen LogP contribution is -2.25. The summed E-state index contributed by atoms with van der Waals surface area (Å²) < 4.78 is 2.07. The minimum absolute atomic E-state index is 0.0468. The molecular formula is C13H16BrN5O. The molecule has 1 saturated carbocycles. The van der Waals surface area contributed by atoms with Crippen LogP contribution in [0.5, 0.6) is 0 Å². The van der Waals surface area contributed by atoms with E-state index in [-0.39, 0.29) is 11.6 Å². The Morgan fingerprint density at radius 3 is 3.00 bits per heavy atom. The fraction of sp³-hybridized carbons (Fsp3) is 0.462. The Labute approximate surface area is 124 Å². The monoisotopic (exact) mass is 337 g/mol. The van der Waals surface area contributed by atoms with Crippen molar-refractivity contribution in [2.45, 2.75) is 32.4 Å². The van der Waals surface area contributed by atoms with E-state index in [0.717, 1.165) is 12.1 Å². The van der Waals surface area contributed by atoms with Crippen LogP contribution in [0.2, 0.25) is 0 Å². The molecule has 0 saturated heterocycles. The molecule has 0 spiro atoms. The average Bonchev–Trinajstić information content (AvgIpc) is 3.07. The van der Waals surface area contributed by atoms with Crippen molar-refractivity contribution in [3.8, 4) is 0 Å². The Bertz CT molecular complexity index is 647. The van der Waals surface area contributed by atoms with Crippen LogP contribution in [0, 0.1) is 5.92 Å². The fourth-order valence-electron chi connectivity index (χ4n) is 2.05. The lowest BCUT2D eigenvalue weighted by atomic mass is 10.2. The van der Waals surface area contributed by atoms with E-state index in [9.17, 15) is 4.79 Å². The van der Waals surface area contributed by atoms with Gasteiger partial charge in [-0.1, -0.05) is 0 Å². The molecule has 0 bridgehead atoms. The summed E-state index contributed by atoms with van der Waals surface area (Å²) >= 11 is 3.37. The first-order valence-corrected chi connectivity index (χ1v) is 7.45. The Hall–Kier alpha value is -1.63. The Kier molecular flexibility index (Phi) is 3.60. The van der Waals surface area contributed by atoms with E-state index in [1.165, 1.54) is 17.5 Å². The minimum atomic E-state index is -0.0821. The van der Waals surface area contributed by atoms with Gasteiger partial charge < -0.3 is 5.32 Å². The van der Waals surface area contributed by atoms with E-state index in [1.807, 2.05) is 13.1 Å². The van der Waals surface area contributed by atoms with Crippen molar-refractivity contribution in [1.82, 2.24) is 20.0 Å². The van der Waals surface area contributed by atoms with Crippen LogP contribution in [0.4, 0.5) is 5.69 Å². The molecule has 1 fully saturated rings. The topological polar surface area (TPSA) is 75.6 Å². The van der Waals surface area contributed by atoms with E-state index in [2.05, 4.69) is 36.5 Å². The molecule has 1 unspecified atom stereocenters. The normalized spacial score (nSPS) is 16.1. The third-order valence-electron chi connectivity index (χ3n) is 3.50. The molecule has 3 rings (SSSR count). The van der Waals surface area contributed by atoms with Gasteiger partial charge in [-0.05, 0) is 41.6 Å². The molecule has 2 aromatic heterocycles. The third kappa shape index (κ3) is 2.77. The molecule has 1 aliphatic rings. The van der Waals surface area contributed by atoms with Gasteiger partial charge in [-0.15, -0.1) is 0 Å². The van der Waals surface area contributed by atoms with E-state index < -0.39 is 0 Å². The minimum Gasteiger partial charge on any atom is -0.376 e. The molecule has 2 N–H and O–H groups in total. The lowest BCUT2D eigenvalue weighted by molar-refractivity contribution is 0.531. The van der Waals surface area contributed by atoms with Crippen LogP contribution in [-0.2, 0) is 6.54 Å². The largest absolute Gasteiger partial charge is 0.376 e. The van der Waals surface area contributed by atoms with Gasteiger partial charge in [-0.25, -0.2) is 4.68 Å². The Morgan fingerprint density at radius 1 is 1.55 bits per heavy atom. The van der Waals surface area contributed by atoms with E-state index in [0.29, 0.717) is 16.1 Å². The second kappa shape index (κ2) is 5.40. The number of hydrogen-bond donors (Lipinski definition) is 2. The van der Waals surface area contributed by atoms with Crippen molar-refractivity contribution >= 4 is 21.6 Å². The van der Waals surface area contributed by atoms with E-state index in [1.54, 1.807) is 12.4 Å². The van der Waals surface area contributed by atoms with Crippen molar-refractivity contribution < 1.29 is 0 Å². The summed E-state index contributed by atoms with van der Waals surface area (Å²) in [6.45, 7) is 2.72. The second-order valence-electron chi connectivity index (χ2n) is 5.20. The highest BCUT2D eigenvalue weighted by molar-refractivity contribution is 9.10. The summed E-state index contributed by atoms with van der Waals surface area (Å²) in [5.74, 6) is 0.621. The summed E-state index contributed by atoms with van der Waals surface area (Å²) in [4.78, 5) is 12.2. The molecule has 106 valence electrons. The number of rotatable bonds is 5. The van der Waals surface area contributed by atoms with Gasteiger partial charge in [0.2, 0.25) is 0 Å². The number of hydrogen-bond acceptors (Lipinski definition) is 4. The highest BCUT2D eigenvalue weighted by Gasteiger charge is 2.23. The highest BCUT2D eigenvalue weighted by atomic mass is 79.9. The smallest absolute Gasteiger partial charge is 0.283 e. The molecule has 6 nitrogen and oxygen atoms in total. The van der Waals surface area contributed by atoms with Gasteiger partial charge in [0.05, 0.1) is 24.1 Å². The summed E-state index contributed by atoms with van der Waals surface area (Å²) in [5.41, 5.74) is 1.65. The van der Waals surface area contributed by atoms with Gasteiger partial charge in [-0.3, -0.25) is 9.89 Å². The van der Waals surface area contributed by atoms with E-state index >= 15 is 0 Å². The first-order chi connectivity index (χ1) is 9.65. The van der Waals surface area contributed by atoms with Crippen LogP contribution in [0.15, 0.2) is 27.9 Å². The Morgan fingerprint density at radius 2 is 2.35 bits per heavy atom. The van der Waals surface area contributed by atoms with Crippen molar-refractivity contribution in [2.75, 3.05) is 5.32 Å². The predicted octanol–water partition coefficient (Wildman–Crippen LogP) is 2.31. The van der Waals surface area contributed by atoms with Gasteiger partial charge in [0.15, 0.2) is 0 Å². The molecule has 0 amide bonds. The van der Waals surface area contributed by atoms with Crippen molar-refractivity contribution in [3.63, 3.8) is 0 Å². The molecule has 0 aliphatic heterocycles. The zero-order valence-electron chi connectivity index (χ0n) is 11.1. The number of anilines is 1. The summed E-state index contributed by atoms with van der Waals surface area (Å²) in [6, 6.07) is 0.0468. The second-order valence-corrected chi connectivity index (χ2v) is 5.99. The SMILES string of the molecule is CC(Nc1cnn(CC2CC2)c(=O)c1Br)c1cn[nH]c1.